The van der Waals surface area contributed by atoms with Gasteiger partial charge >= 0.3 is 0 Å². The molecule has 54 valence electrons. The third-order valence-electron chi connectivity index (χ3n) is 1.28. The first-order valence-electron chi connectivity index (χ1n) is 2.87. The van der Waals surface area contributed by atoms with Crippen LogP contribution >= 0.6 is 23.5 Å². The molecule has 0 aromatic heterocycles. The Bertz CT molecular complexity index is 237. The molecule has 1 aromatic carbocycles. The third kappa shape index (κ3) is 1.66. The van der Waals surface area contributed by atoms with E-state index in [2.05, 4.69) is 0 Å². The van der Waals surface area contributed by atoms with Crippen LogP contribution in [0.2, 0.25) is 5.02 Å². The molecule has 0 saturated heterocycles. The maximum absolute atomic E-state index is 5.82. The molecule has 0 aliphatic rings. The van der Waals surface area contributed by atoms with Crippen LogP contribution in [0.1, 0.15) is 5.56 Å². The predicted molar refractivity (Wildman–Crippen MR) is 46.2 cm³/mol. The van der Waals surface area contributed by atoms with Gasteiger partial charge in [-0.25, -0.2) is 0 Å². The van der Waals surface area contributed by atoms with E-state index in [-0.39, 0.29) is 0 Å². The van der Waals surface area contributed by atoms with Crippen molar-refractivity contribution in [3.8, 4) is 0 Å². The van der Waals surface area contributed by atoms with Crippen molar-refractivity contribution >= 4 is 23.5 Å². The molecular weight excluding hydrogens is 166 g/mol. The molecule has 0 fully saturated rings. The van der Waals surface area contributed by atoms with Gasteiger partial charge in [0, 0.05) is 9.92 Å². The van der Waals surface area contributed by atoms with E-state index in [9.17, 15) is 0 Å². The SMILES string of the molecule is Cc1ccc(SN)cc1Cl. The summed E-state index contributed by atoms with van der Waals surface area (Å²) in [5, 5.41) is 6.10. The Morgan fingerprint density at radius 3 is 2.70 bits per heavy atom. The summed E-state index contributed by atoms with van der Waals surface area (Å²) in [6, 6.07) is 5.77. The molecule has 0 amide bonds. The zero-order chi connectivity index (χ0) is 7.56. The zero-order valence-electron chi connectivity index (χ0n) is 5.60. The van der Waals surface area contributed by atoms with Crippen molar-refractivity contribution in [2.75, 3.05) is 0 Å². The number of halogens is 1. The van der Waals surface area contributed by atoms with Crippen molar-refractivity contribution in [1.82, 2.24) is 0 Å². The summed E-state index contributed by atoms with van der Waals surface area (Å²) in [5.74, 6) is 0. The summed E-state index contributed by atoms with van der Waals surface area (Å²) < 4.78 is 0. The second-order valence-electron chi connectivity index (χ2n) is 2.03. The van der Waals surface area contributed by atoms with Crippen molar-refractivity contribution in [3.63, 3.8) is 0 Å². The molecule has 1 rings (SSSR count). The highest BCUT2D eigenvalue weighted by atomic mass is 35.5. The molecule has 3 heteroatoms. The van der Waals surface area contributed by atoms with Crippen LogP contribution < -0.4 is 5.14 Å². The number of hydrogen-bond donors (Lipinski definition) is 1. The fourth-order valence-corrected chi connectivity index (χ4v) is 1.22. The van der Waals surface area contributed by atoms with Crippen LogP contribution in [0.5, 0.6) is 0 Å². The molecule has 0 aliphatic carbocycles. The predicted octanol–water partition coefficient (Wildman–Crippen LogP) is 2.61. The van der Waals surface area contributed by atoms with Crippen LogP contribution in [0.3, 0.4) is 0 Å². The van der Waals surface area contributed by atoms with Crippen LogP contribution in [0.15, 0.2) is 23.1 Å². The van der Waals surface area contributed by atoms with E-state index in [1.807, 2.05) is 25.1 Å². The third-order valence-corrected chi connectivity index (χ3v) is 2.21. The molecule has 0 radical (unpaired) electrons. The number of nitrogens with two attached hydrogens (primary N) is 1. The van der Waals surface area contributed by atoms with E-state index in [1.165, 1.54) is 11.9 Å². The maximum Gasteiger partial charge on any atom is 0.0446 e. The van der Waals surface area contributed by atoms with E-state index < -0.39 is 0 Å². The van der Waals surface area contributed by atoms with E-state index in [0.717, 1.165) is 15.5 Å². The summed E-state index contributed by atoms with van der Waals surface area (Å²) in [5.41, 5.74) is 1.08. The van der Waals surface area contributed by atoms with E-state index in [1.54, 1.807) is 0 Å². The molecule has 0 heterocycles. The van der Waals surface area contributed by atoms with Crippen molar-refractivity contribution in [3.05, 3.63) is 28.8 Å². The minimum absolute atomic E-state index is 0.774. The normalized spacial score (nSPS) is 9.90. The molecule has 0 aliphatic heterocycles. The molecule has 10 heavy (non-hydrogen) atoms. The Kier molecular flexibility index (Phi) is 2.60. The zero-order valence-corrected chi connectivity index (χ0v) is 7.17. The van der Waals surface area contributed by atoms with Crippen LogP contribution in [0.25, 0.3) is 0 Å². The van der Waals surface area contributed by atoms with Gasteiger partial charge in [0.05, 0.1) is 0 Å². The lowest BCUT2D eigenvalue weighted by Gasteiger charge is -1.98. The molecule has 1 aromatic rings. The highest BCUT2D eigenvalue weighted by molar-refractivity contribution is 7.97. The Hall–Kier alpha value is -0.180. The molecular formula is C7H8ClNS. The van der Waals surface area contributed by atoms with Crippen LogP contribution in [0.4, 0.5) is 0 Å². The van der Waals surface area contributed by atoms with Crippen molar-refractivity contribution in [2.24, 2.45) is 5.14 Å². The molecule has 1 nitrogen and oxygen atoms in total. The first-order valence-corrected chi connectivity index (χ1v) is 4.12. The second-order valence-corrected chi connectivity index (χ2v) is 3.14. The molecule has 2 N–H and O–H groups in total. The molecule has 0 unspecified atom stereocenters. The first-order chi connectivity index (χ1) is 4.74. The fraction of sp³-hybridized carbons (Fsp3) is 0.143. The van der Waals surface area contributed by atoms with Crippen molar-refractivity contribution in [2.45, 2.75) is 11.8 Å². The minimum Gasteiger partial charge on any atom is -0.274 e. The lowest BCUT2D eigenvalue weighted by atomic mass is 10.2. The Morgan fingerprint density at radius 1 is 1.50 bits per heavy atom. The summed E-state index contributed by atoms with van der Waals surface area (Å²) in [7, 11) is 0. The Morgan fingerprint density at radius 2 is 2.20 bits per heavy atom. The van der Waals surface area contributed by atoms with E-state index in [0.29, 0.717) is 0 Å². The quantitative estimate of drug-likeness (QED) is 0.661. The van der Waals surface area contributed by atoms with Gasteiger partial charge in [-0.3, -0.25) is 5.14 Å². The number of aryl methyl sites for hydroxylation is 1. The van der Waals surface area contributed by atoms with Gasteiger partial charge in [-0.05, 0) is 36.6 Å². The lowest BCUT2D eigenvalue weighted by Crippen LogP contribution is -1.80. The van der Waals surface area contributed by atoms with Gasteiger partial charge in [-0.1, -0.05) is 17.7 Å². The maximum atomic E-state index is 5.82. The number of rotatable bonds is 1. The Balaban J connectivity index is 3.04. The van der Waals surface area contributed by atoms with Gasteiger partial charge in [0.2, 0.25) is 0 Å². The monoisotopic (exact) mass is 173 g/mol. The second kappa shape index (κ2) is 3.28. The topological polar surface area (TPSA) is 26.0 Å². The highest BCUT2D eigenvalue weighted by Gasteiger charge is 1.95. The van der Waals surface area contributed by atoms with Crippen LogP contribution in [-0.2, 0) is 0 Å². The van der Waals surface area contributed by atoms with Gasteiger partial charge in [0.1, 0.15) is 0 Å². The fourth-order valence-electron chi connectivity index (χ4n) is 0.647. The minimum atomic E-state index is 0.774. The van der Waals surface area contributed by atoms with Crippen molar-refractivity contribution in [1.29, 1.82) is 0 Å². The summed E-state index contributed by atoms with van der Waals surface area (Å²) in [6.07, 6.45) is 0. The van der Waals surface area contributed by atoms with Gasteiger partial charge in [-0.2, -0.15) is 0 Å². The van der Waals surface area contributed by atoms with Crippen molar-refractivity contribution < 1.29 is 0 Å². The van der Waals surface area contributed by atoms with E-state index in [4.69, 9.17) is 16.7 Å². The lowest BCUT2D eigenvalue weighted by molar-refractivity contribution is 1.38. The average Bonchev–Trinajstić information content (AvgIpc) is 1.95. The summed E-state index contributed by atoms with van der Waals surface area (Å²) in [4.78, 5) is 0.996. The Labute approximate surface area is 69.7 Å². The molecule has 0 atom stereocenters. The largest absolute Gasteiger partial charge is 0.274 e. The smallest absolute Gasteiger partial charge is 0.0446 e. The van der Waals surface area contributed by atoms with Crippen LogP contribution in [0, 0.1) is 6.92 Å². The van der Waals surface area contributed by atoms with Gasteiger partial charge in [0.25, 0.3) is 0 Å². The molecule has 0 saturated carbocycles. The summed E-state index contributed by atoms with van der Waals surface area (Å²) in [6.45, 7) is 1.97. The van der Waals surface area contributed by atoms with Gasteiger partial charge in [0.15, 0.2) is 0 Å². The highest BCUT2D eigenvalue weighted by Crippen LogP contribution is 2.20. The first kappa shape index (κ1) is 7.92. The van der Waals surface area contributed by atoms with Gasteiger partial charge < -0.3 is 0 Å². The molecule has 0 spiro atoms. The number of benzene rings is 1. The number of hydrogen-bond acceptors (Lipinski definition) is 2. The van der Waals surface area contributed by atoms with Gasteiger partial charge in [-0.15, -0.1) is 0 Å². The van der Waals surface area contributed by atoms with E-state index >= 15 is 0 Å². The standard InChI is InChI=1S/C7H8ClNS/c1-5-2-3-6(10-9)4-7(5)8/h2-4H,9H2,1H3. The molecule has 0 bridgehead atoms. The van der Waals surface area contributed by atoms with Crippen LogP contribution in [-0.4, -0.2) is 0 Å². The summed E-state index contributed by atoms with van der Waals surface area (Å²) >= 11 is 7.03. The average molecular weight is 174 g/mol.